The van der Waals surface area contributed by atoms with Crippen LogP contribution in [-0.2, 0) is 38.9 Å². The molecule has 2 unspecified atom stereocenters. The average Bonchev–Trinajstić information content (AvgIpc) is 3.29. The van der Waals surface area contributed by atoms with E-state index >= 15 is 0 Å². The molecule has 0 bridgehead atoms. The quantitative estimate of drug-likeness (QED) is 0.355. The van der Waals surface area contributed by atoms with Crippen molar-refractivity contribution in [2.75, 3.05) is 0 Å². The predicted molar refractivity (Wildman–Crippen MR) is 123 cm³/mol. The molecule has 0 amide bonds. The first kappa shape index (κ1) is 21.9. The molecule has 2 heterocycles. The Labute approximate surface area is 197 Å². The van der Waals surface area contributed by atoms with Crippen molar-refractivity contribution >= 4 is 0 Å². The Morgan fingerprint density at radius 1 is 1.09 bits per heavy atom. The molecule has 3 aliphatic carbocycles. The summed E-state index contributed by atoms with van der Waals surface area (Å²) in [5.74, 6) is 1.24. The Morgan fingerprint density at radius 2 is 1.91 bits per heavy atom. The second kappa shape index (κ2) is 7.96. The molecule has 6 heteroatoms. The van der Waals surface area contributed by atoms with E-state index in [1.165, 1.54) is 42.9 Å². The Bertz CT molecular complexity index is 1250. The second-order valence-corrected chi connectivity index (χ2v) is 10.4. The van der Waals surface area contributed by atoms with Crippen molar-refractivity contribution in [3.05, 3.63) is 76.0 Å². The van der Waals surface area contributed by atoms with E-state index < -0.39 is 17.6 Å². The highest BCUT2D eigenvalue weighted by molar-refractivity contribution is 5.67. The molecular weight excluding hydrogens is 440 g/mol. The molecule has 2 atom stereocenters. The maximum atomic E-state index is 14.9. The van der Waals surface area contributed by atoms with Crippen LogP contribution in [0.1, 0.15) is 65.2 Å². The summed E-state index contributed by atoms with van der Waals surface area (Å²) in [5.41, 5.74) is 4.50. The summed E-state index contributed by atoms with van der Waals surface area (Å²) in [7, 11) is 1.81. The van der Waals surface area contributed by atoms with E-state index in [0.29, 0.717) is 42.0 Å². The van der Waals surface area contributed by atoms with Gasteiger partial charge >= 0.3 is 6.18 Å². The van der Waals surface area contributed by atoms with Crippen molar-refractivity contribution in [1.82, 2.24) is 9.55 Å². The standard InChI is InChI=1S/C28H28F4N2/c1-34-21(9-16-3-2-4-16)7-8-27(34)23-12-17(26(29)14-25(23)28(30,31)32)5-6-20-11-18-10-19-13-22(19)24(18)15-33-20/h7-8,11-12,14-16,19,22H,2-6,9-10,13H2,1H3. The van der Waals surface area contributed by atoms with Gasteiger partial charge in [0.25, 0.3) is 0 Å². The largest absolute Gasteiger partial charge is 0.417 e. The first-order valence-electron chi connectivity index (χ1n) is 12.3. The van der Waals surface area contributed by atoms with E-state index in [1.54, 1.807) is 6.07 Å². The van der Waals surface area contributed by atoms with Crippen molar-refractivity contribution in [1.29, 1.82) is 0 Å². The highest BCUT2D eigenvalue weighted by Gasteiger charge is 2.45. The molecule has 2 nitrogen and oxygen atoms in total. The van der Waals surface area contributed by atoms with Crippen molar-refractivity contribution < 1.29 is 17.6 Å². The van der Waals surface area contributed by atoms with Crippen LogP contribution >= 0.6 is 0 Å². The molecule has 0 radical (unpaired) electrons. The molecular formula is C28H28F4N2. The fourth-order valence-corrected chi connectivity index (χ4v) is 5.88. The Hall–Kier alpha value is -2.63. The highest BCUT2D eigenvalue weighted by Crippen LogP contribution is 2.56. The number of benzene rings is 1. The van der Waals surface area contributed by atoms with Gasteiger partial charge in [-0.1, -0.05) is 19.3 Å². The van der Waals surface area contributed by atoms with Crippen molar-refractivity contribution in [3.63, 3.8) is 0 Å². The lowest BCUT2D eigenvalue weighted by molar-refractivity contribution is -0.137. The number of hydrogen-bond acceptors (Lipinski definition) is 1. The molecule has 0 saturated heterocycles. The van der Waals surface area contributed by atoms with Gasteiger partial charge in [0.15, 0.2) is 0 Å². The maximum absolute atomic E-state index is 14.9. The molecule has 2 fully saturated rings. The van der Waals surface area contributed by atoms with Crippen LogP contribution in [0.5, 0.6) is 0 Å². The number of nitrogens with zero attached hydrogens (tertiary/aromatic N) is 2. The summed E-state index contributed by atoms with van der Waals surface area (Å²) < 4.78 is 58.4. The van der Waals surface area contributed by atoms with Gasteiger partial charge in [-0.2, -0.15) is 13.2 Å². The predicted octanol–water partition coefficient (Wildman–Crippen LogP) is 7.03. The number of rotatable bonds is 6. The fourth-order valence-electron chi connectivity index (χ4n) is 5.88. The molecule has 3 aromatic rings. The van der Waals surface area contributed by atoms with Crippen LogP contribution < -0.4 is 0 Å². The second-order valence-electron chi connectivity index (χ2n) is 10.4. The van der Waals surface area contributed by atoms with E-state index in [-0.39, 0.29) is 5.56 Å². The number of aromatic nitrogens is 2. The first-order valence-corrected chi connectivity index (χ1v) is 12.3. The van der Waals surface area contributed by atoms with Gasteiger partial charge in [0.05, 0.1) is 5.56 Å². The monoisotopic (exact) mass is 468 g/mol. The summed E-state index contributed by atoms with van der Waals surface area (Å²) in [5, 5.41) is 0. The minimum atomic E-state index is -4.63. The maximum Gasteiger partial charge on any atom is 0.417 e. The van der Waals surface area contributed by atoms with Gasteiger partial charge in [0.2, 0.25) is 0 Å². The number of hydrogen-bond donors (Lipinski definition) is 0. The summed E-state index contributed by atoms with van der Waals surface area (Å²) in [4.78, 5) is 4.56. The Balaban J connectivity index is 1.29. The smallest absolute Gasteiger partial charge is 0.348 e. The van der Waals surface area contributed by atoms with Gasteiger partial charge in [-0.25, -0.2) is 4.39 Å². The van der Waals surface area contributed by atoms with Crippen LogP contribution in [0, 0.1) is 17.7 Å². The molecule has 0 N–H and O–H groups in total. The zero-order valence-corrected chi connectivity index (χ0v) is 19.3. The summed E-state index contributed by atoms with van der Waals surface area (Å²) in [6.45, 7) is 0. The fraction of sp³-hybridized carbons (Fsp3) is 0.464. The lowest BCUT2D eigenvalue weighted by Gasteiger charge is -2.25. The Morgan fingerprint density at radius 3 is 2.65 bits per heavy atom. The van der Waals surface area contributed by atoms with Crippen LogP contribution in [0.4, 0.5) is 17.6 Å². The van der Waals surface area contributed by atoms with Gasteiger partial charge in [0.1, 0.15) is 5.82 Å². The van der Waals surface area contributed by atoms with Crippen LogP contribution in [0.15, 0.2) is 36.5 Å². The molecule has 0 aliphatic heterocycles. The lowest BCUT2D eigenvalue weighted by atomic mass is 9.82. The number of fused-ring (bicyclic) bond motifs is 3. The molecule has 3 aliphatic rings. The molecule has 0 spiro atoms. The average molecular weight is 469 g/mol. The van der Waals surface area contributed by atoms with E-state index in [9.17, 15) is 17.6 Å². The first-order chi connectivity index (χ1) is 16.3. The minimum absolute atomic E-state index is 0.0493. The minimum Gasteiger partial charge on any atom is -0.348 e. The molecule has 2 aromatic heterocycles. The van der Waals surface area contributed by atoms with Gasteiger partial charge in [-0.3, -0.25) is 4.98 Å². The molecule has 1 aromatic carbocycles. The Kier molecular flexibility index (Phi) is 5.12. The SMILES string of the molecule is Cn1c(CC2CCC2)ccc1-c1cc(CCc2cc3c(cn2)C2CC2C3)c(F)cc1C(F)(F)F. The third kappa shape index (κ3) is 3.85. The van der Waals surface area contributed by atoms with Gasteiger partial charge < -0.3 is 4.57 Å². The third-order valence-corrected chi connectivity index (χ3v) is 8.25. The summed E-state index contributed by atoms with van der Waals surface area (Å²) in [6.07, 6.45) is 4.93. The molecule has 2 saturated carbocycles. The lowest BCUT2D eigenvalue weighted by Crippen LogP contribution is -2.16. The van der Waals surface area contributed by atoms with Crippen LogP contribution in [0.3, 0.4) is 0 Å². The van der Waals surface area contributed by atoms with Gasteiger partial charge in [0, 0.05) is 35.9 Å². The number of alkyl halides is 3. The van der Waals surface area contributed by atoms with Crippen molar-refractivity contribution in [2.24, 2.45) is 18.9 Å². The zero-order chi connectivity index (χ0) is 23.6. The normalized spacial score (nSPS) is 21.3. The van der Waals surface area contributed by atoms with Crippen LogP contribution in [0.2, 0.25) is 0 Å². The number of halogens is 4. The summed E-state index contributed by atoms with van der Waals surface area (Å²) >= 11 is 0. The third-order valence-electron chi connectivity index (χ3n) is 8.25. The van der Waals surface area contributed by atoms with E-state index in [1.807, 2.05) is 23.9 Å². The number of aryl methyl sites for hydroxylation is 2. The van der Waals surface area contributed by atoms with E-state index in [4.69, 9.17) is 0 Å². The molecule has 178 valence electrons. The molecule has 34 heavy (non-hydrogen) atoms. The van der Waals surface area contributed by atoms with Gasteiger partial charge in [-0.05, 0) is 96.9 Å². The van der Waals surface area contributed by atoms with Crippen molar-refractivity contribution in [2.45, 2.75) is 63.5 Å². The van der Waals surface area contributed by atoms with Crippen LogP contribution in [-0.4, -0.2) is 9.55 Å². The van der Waals surface area contributed by atoms with E-state index in [0.717, 1.165) is 30.1 Å². The van der Waals surface area contributed by atoms with Crippen molar-refractivity contribution in [3.8, 4) is 11.3 Å². The summed E-state index contributed by atoms with van der Waals surface area (Å²) in [6, 6.07) is 7.84. The van der Waals surface area contributed by atoms with E-state index in [2.05, 4.69) is 11.1 Å². The topological polar surface area (TPSA) is 17.8 Å². The zero-order valence-electron chi connectivity index (χ0n) is 19.3. The van der Waals surface area contributed by atoms with Crippen LogP contribution in [0.25, 0.3) is 11.3 Å². The molecule has 6 rings (SSSR count). The highest BCUT2D eigenvalue weighted by atomic mass is 19.4. The van der Waals surface area contributed by atoms with Gasteiger partial charge in [-0.15, -0.1) is 0 Å². The number of pyridine rings is 1.